The minimum atomic E-state index is 0.251. The Bertz CT molecular complexity index is 400. The standard InChI is InChI=1S/C16H25N/c1-6-12-10-14-13(11(2)17-12)8-7-9-15(14)16(3,4)5/h7-9,11-12,17H,6,10H2,1-5H3/t11-,12-/m0/s1. The van der Waals surface area contributed by atoms with Gasteiger partial charge in [-0.3, -0.25) is 0 Å². The number of nitrogens with one attached hydrogen (secondary N) is 1. The molecule has 0 saturated carbocycles. The van der Waals surface area contributed by atoms with Gasteiger partial charge in [-0.25, -0.2) is 0 Å². The maximum atomic E-state index is 3.70. The molecule has 0 fully saturated rings. The molecule has 1 aromatic carbocycles. The number of hydrogen-bond acceptors (Lipinski definition) is 1. The molecule has 94 valence electrons. The van der Waals surface area contributed by atoms with Gasteiger partial charge in [-0.2, -0.15) is 0 Å². The van der Waals surface area contributed by atoms with Crippen LogP contribution >= 0.6 is 0 Å². The fourth-order valence-corrected chi connectivity index (χ4v) is 2.95. The van der Waals surface area contributed by atoms with Gasteiger partial charge < -0.3 is 5.32 Å². The molecule has 0 spiro atoms. The summed E-state index contributed by atoms with van der Waals surface area (Å²) in [6.07, 6.45) is 2.39. The quantitative estimate of drug-likeness (QED) is 0.771. The van der Waals surface area contributed by atoms with E-state index in [1.165, 1.54) is 24.0 Å². The zero-order chi connectivity index (χ0) is 12.6. The van der Waals surface area contributed by atoms with Crippen molar-refractivity contribution in [3.05, 3.63) is 34.9 Å². The molecule has 1 heterocycles. The highest BCUT2D eigenvalue weighted by Gasteiger charge is 2.27. The van der Waals surface area contributed by atoms with Gasteiger partial charge in [0.05, 0.1) is 0 Å². The molecule has 1 nitrogen and oxygen atoms in total. The first-order chi connectivity index (χ1) is 7.93. The molecular formula is C16H25N. The Labute approximate surface area is 106 Å². The van der Waals surface area contributed by atoms with E-state index in [0.29, 0.717) is 12.1 Å². The first-order valence-electron chi connectivity index (χ1n) is 6.81. The van der Waals surface area contributed by atoms with E-state index in [-0.39, 0.29) is 5.41 Å². The van der Waals surface area contributed by atoms with E-state index < -0.39 is 0 Å². The highest BCUT2D eigenvalue weighted by atomic mass is 15.0. The van der Waals surface area contributed by atoms with Crippen molar-refractivity contribution in [1.82, 2.24) is 5.32 Å². The van der Waals surface area contributed by atoms with Gasteiger partial charge in [-0.05, 0) is 41.9 Å². The molecule has 1 aliphatic heterocycles. The average molecular weight is 231 g/mol. The van der Waals surface area contributed by atoms with Gasteiger partial charge in [0.2, 0.25) is 0 Å². The predicted octanol–water partition coefficient (Wildman–Crippen LogP) is 3.97. The average Bonchev–Trinajstić information content (AvgIpc) is 2.26. The molecular weight excluding hydrogens is 206 g/mol. The SMILES string of the molecule is CC[C@H]1Cc2c(cccc2C(C)(C)C)[C@H](C)N1. The molecule has 1 aliphatic rings. The fourth-order valence-electron chi connectivity index (χ4n) is 2.95. The van der Waals surface area contributed by atoms with Crippen LogP contribution in [0.3, 0.4) is 0 Å². The maximum absolute atomic E-state index is 3.70. The van der Waals surface area contributed by atoms with Crippen LogP contribution in [0.1, 0.15) is 63.8 Å². The van der Waals surface area contributed by atoms with Crippen LogP contribution in [0, 0.1) is 0 Å². The molecule has 1 aromatic rings. The second kappa shape index (κ2) is 4.45. The van der Waals surface area contributed by atoms with Crippen LogP contribution in [-0.4, -0.2) is 6.04 Å². The number of benzene rings is 1. The number of fused-ring (bicyclic) bond motifs is 1. The second-order valence-corrected chi connectivity index (χ2v) is 6.32. The van der Waals surface area contributed by atoms with Gasteiger partial charge in [0, 0.05) is 12.1 Å². The van der Waals surface area contributed by atoms with E-state index in [9.17, 15) is 0 Å². The maximum Gasteiger partial charge on any atom is 0.0297 e. The van der Waals surface area contributed by atoms with Crippen LogP contribution in [-0.2, 0) is 11.8 Å². The topological polar surface area (TPSA) is 12.0 Å². The molecule has 0 bridgehead atoms. The van der Waals surface area contributed by atoms with Gasteiger partial charge in [-0.1, -0.05) is 45.9 Å². The van der Waals surface area contributed by atoms with Crippen LogP contribution in [0.4, 0.5) is 0 Å². The number of rotatable bonds is 1. The molecule has 2 atom stereocenters. The zero-order valence-electron chi connectivity index (χ0n) is 11.8. The second-order valence-electron chi connectivity index (χ2n) is 6.32. The Balaban J connectivity index is 2.49. The van der Waals surface area contributed by atoms with Crippen molar-refractivity contribution in [1.29, 1.82) is 0 Å². The monoisotopic (exact) mass is 231 g/mol. The van der Waals surface area contributed by atoms with E-state index in [4.69, 9.17) is 0 Å². The third-order valence-corrected chi connectivity index (χ3v) is 3.92. The van der Waals surface area contributed by atoms with Gasteiger partial charge in [-0.15, -0.1) is 0 Å². The summed E-state index contributed by atoms with van der Waals surface area (Å²) in [4.78, 5) is 0. The molecule has 0 unspecified atom stereocenters. The van der Waals surface area contributed by atoms with Crippen LogP contribution in [0.15, 0.2) is 18.2 Å². The molecule has 0 radical (unpaired) electrons. The summed E-state index contributed by atoms with van der Waals surface area (Å²) in [5.74, 6) is 0. The van der Waals surface area contributed by atoms with Gasteiger partial charge in [0.1, 0.15) is 0 Å². The Kier molecular flexibility index (Phi) is 3.31. The lowest BCUT2D eigenvalue weighted by Crippen LogP contribution is -2.39. The van der Waals surface area contributed by atoms with E-state index in [1.54, 1.807) is 5.56 Å². The molecule has 1 N–H and O–H groups in total. The van der Waals surface area contributed by atoms with Gasteiger partial charge in [0.15, 0.2) is 0 Å². The largest absolute Gasteiger partial charge is 0.307 e. The molecule has 17 heavy (non-hydrogen) atoms. The normalized spacial score (nSPS) is 24.5. The lowest BCUT2D eigenvalue weighted by atomic mass is 9.77. The van der Waals surface area contributed by atoms with E-state index >= 15 is 0 Å². The van der Waals surface area contributed by atoms with E-state index in [1.807, 2.05) is 0 Å². The first kappa shape index (κ1) is 12.6. The predicted molar refractivity (Wildman–Crippen MR) is 74.5 cm³/mol. The van der Waals surface area contributed by atoms with Crippen molar-refractivity contribution in [3.8, 4) is 0 Å². The molecule has 2 rings (SSSR count). The summed E-state index contributed by atoms with van der Waals surface area (Å²) in [6, 6.07) is 7.94. The van der Waals surface area contributed by atoms with E-state index in [0.717, 1.165) is 0 Å². The minimum Gasteiger partial charge on any atom is -0.307 e. The smallest absolute Gasteiger partial charge is 0.0297 e. The van der Waals surface area contributed by atoms with Crippen molar-refractivity contribution in [3.63, 3.8) is 0 Å². The highest BCUT2D eigenvalue weighted by molar-refractivity contribution is 5.42. The van der Waals surface area contributed by atoms with Crippen LogP contribution < -0.4 is 5.32 Å². The molecule has 1 heteroatoms. The van der Waals surface area contributed by atoms with Crippen molar-refractivity contribution in [2.45, 2.75) is 65.0 Å². The minimum absolute atomic E-state index is 0.251. The van der Waals surface area contributed by atoms with Crippen molar-refractivity contribution in [2.24, 2.45) is 0 Å². The lowest BCUT2D eigenvalue weighted by molar-refractivity contribution is 0.406. The Hall–Kier alpha value is -0.820. The van der Waals surface area contributed by atoms with Crippen LogP contribution in [0.5, 0.6) is 0 Å². The fraction of sp³-hybridized carbons (Fsp3) is 0.625. The zero-order valence-corrected chi connectivity index (χ0v) is 11.8. The van der Waals surface area contributed by atoms with Gasteiger partial charge in [0.25, 0.3) is 0 Å². The molecule has 0 aliphatic carbocycles. The van der Waals surface area contributed by atoms with Crippen LogP contribution in [0.25, 0.3) is 0 Å². The third-order valence-electron chi connectivity index (χ3n) is 3.92. The van der Waals surface area contributed by atoms with Crippen LogP contribution in [0.2, 0.25) is 0 Å². The number of hydrogen-bond donors (Lipinski definition) is 1. The summed E-state index contributed by atoms with van der Waals surface area (Å²) in [6.45, 7) is 11.5. The first-order valence-corrected chi connectivity index (χ1v) is 6.81. The van der Waals surface area contributed by atoms with Gasteiger partial charge >= 0.3 is 0 Å². The Morgan fingerprint density at radius 1 is 1.29 bits per heavy atom. The highest BCUT2D eigenvalue weighted by Crippen LogP contribution is 2.34. The summed E-state index contributed by atoms with van der Waals surface area (Å²) in [5, 5.41) is 3.70. The molecule has 0 amide bonds. The van der Waals surface area contributed by atoms with Crippen molar-refractivity contribution >= 4 is 0 Å². The van der Waals surface area contributed by atoms with E-state index in [2.05, 4.69) is 58.1 Å². The Morgan fingerprint density at radius 2 is 2.00 bits per heavy atom. The third kappa shape index (κ3) is 2.40. The summed E-state index contributed by atoms with van der Waals surface area (Å²) < 4.78 is 0. The summed E-state index contributed by atoms with van der Waals surface area (Å²) in [7, 11) is 0. The summed E-state index contributed by atoms with van der Waals surface area (Å²) in [5.41, 5.74) is 4.88. The van der Waals surface area contributed by atoms with Crippen molar-refractivity contribution in [2.75, 3.05) is 0 Å². The molecule has 0 saturated heterocycles. The lowest BCUT2D eigenvalue weighted by Gasteiger charge is -2.35. The molecule has 0 aromatic heterocycles. The van der Waals surface area contributed by atoms with Crippen molar-refractivity contribution < 1.29 is 0 Å². The Morgan fingerprint density at radius 3 is 2.59 bits per heavy atom. The summed E-state index contributed by atoms with van der Waals surface area (Å²) >= 11 is 0.